The van der Waals surface area contributed by atoms with Crippen molar-refractivity contribution < 1.29 is 23.8 Å². The van der Waals surface area contributed by atoms with E-state index in [1.807, 2.05) is 13.0 Å². The van der Waals surface area contributed by atoms with Gasteiger partial charge in [-0.1, -0.05) is 0 Å². The molecule has 3 heterocycles. The van der Waals surface area contributed by atoms with Crippen molar-refractivity contribution in [2.75, 3.05) is 19.7 Å². The van der Waals surface area contributed by atoms with E-state index in [2.05, 4.69) is 5.10 Å². The zero-order valence-electron chi connectivity index (χ0n) is 14.1. The van der Waals surface area contributed by atoms with E-state index in [9.17, 15) is 9.59 Å². The van der Waals surface area contributed by atoms with Gasteiger partial charge in [0.15, 0.2) is 5.76 Å². The molecular weight excluding hydrogens is 326 g/mol. The van der Waals surface area contributed by atoms with E-state index in [4.69, 9.17) is 14.3 Å². The third kappa shape index (κ3) is 3.84. The van der Waals surface area contributed by atoms with Crippen LogP contribution in [-0.4, -0.2) is 51.4 Å². The van der Waals surface area contributed by atoms with Gasteiger partial charge in [-0.15, -0.1) is 0 Å². The summed E-state index contributed by atoms with van der Waals surface area (Å²) >= 11 is 0. The Morgan fingerprint density at radius 1 is 1.40 bits per heavy atom. The van der Waals surface area contributed by atoms with Gasteiger partial charge in [-0.2, -0.15) is 5.10 Å². The van der Waals surface area contributed by atoms with Crippen LogP contribution in [0.5, 0.6) is 5.95 Å². The van der Waals surface area contributed by atoms with Crippen LogP contribution in [0.4, 0.5) is 0 Å². The summed E-state index contributed by atoms with van der Waals surface area (Å²) in [6.45, 7) is 3.30. The lowest BCUT2D eigenvalue weighted by molar-refractivity contribution is -0.137. The van der Waals surface area contributed by atoms with Crippen molar-refractivity contribution in [3.63, 3.8) is 0 Å². The van der Waals surface area contributed by atoms with Crippen LogP contribution in [0.2, 0.25) is 0 Å². The molecule has 2 aromatic heterocycles. The molecule has 2 aromatic rings. The molecule has 134 valence electrons. The number of piperidine rings is 1. The minimum atomic E-state index is -0.937. The second kappa shape index (κ2) is 7.42. The maximum atomic E-state index is 12.7. The number of aliphatic carboxylic acids is 1. The fraction of sp³-hybridized carbons (Fsp3) is 0.471. The Morgan fingerprint density at radius 2 is 2.24 bits per heavy atom. The van der Waals surface area contributed by atoms with E-state index < -0.39 is 5.97 Å². The van der Waals surface area contributed by atoms with Gasteiger partial charge >= 0.3 is 5.97 Å². The largest absolute Gasteiger partial charge is 0.480 e. The Morgan fingerprint density at radius 3 is 3.00 bits per heavy atom. The monoisotopic (exact) mass is 347 g/mol. The number of carboxylic acid groups (broad SMARTS) is 1. The summed E-state index contributed by atoms with van der Waals surface area (Å²) in [4.78, 5) is 25.4. The van der Waals surface area contributed by atoms with E-state index in [-0.39, 0.29) is 24.1 Å². The topological polar surface area (TPSA) is 97.8 Å². The van der Waals surface area contributed by atoms with Crippen LogP contribution >= 0.6 is 0 Å². The molecular formula is C17H21N3O5. The zero-order valence-corrected chi connectivity index (χ0v) is 14.1. The predicted octanol–water partition coefficient (Wildman–Crippen LogP) is 1.98. The van der Waals surface area contributed by atoms with Crippen molar-refractivity contribution in [2.45, 2.75) is 32.2 Å². The number of carboxylic acids is 1. The first kappa shape index (κ1) is 17.1. The molecule has 8 heteroatoms. The normalized spacial score (nSPS) is 17.5. The Labute approximate surface area is 145 Å². The van der Waals surface area contributed by atoms with Gasteiger partial charge in [0, 0.05) is 37.0 Å². The molecule has 1 unspecified atom stereocenters. The smallest absolute Gasteiger partial charge is 0.325 e. The first-order valence-electron chi connectivity index (χ1n) is 8.34. The first-order valence-corrected chi connectivity index (χ1v) is 8.34. The SMILES string of the molecule is CCOc1ccc(C(=O)N2CCCC(c3ccnn3CC(=O)O)C2)o1. The summed E-state index contributed by atoms with van der Waals surface area (Å²) < 4.78 is 12.2. The number of hydrogen-bond donors (Lipinski definition) is 1. The van der Waals surface area contributed by atoms with E-state index in [0.717, 1.165) is 18.5 Å². The Balaban J connectivity index is 1.71. The first-order chi connectivity index (χ1) is 12.1. The fourth-order valence-electron chi connectivity index (χ4n) is 3.16. The lowest BCUT2D eigenvalue weighted by atomic mass is 9.94. The van der Waals surface area contributed by atoms with Gasteiger partial charge < -0.3 is 19.2 Å². The predicted molar refractivity (Wildman–Crippen MR) is 87.6 cm³/mol. The molecule has 8 nitrogen and oxygen atoms in total. The van der Waals surface area contributed by atoms with Crippen LogP contribution in [0.15, 0.2) is 28.8 Å². The number of carbonyl (C=O) groups excluding carboxylic acids is 1. The molecule has 1 amide bonds. The number of rotatable bonds is 6. The standard InChI is InChI=1S/C17H21N3O5/c1-2-24-16-6-5-14(25-16)17(23)19-9-3-4-12(10-19)13-7-8-18-20(13)11-15(21)22/h5-8,12H,2-4,9-11H2,1H3,(H,21,22). The highest BCUT2D eigenvalue weighted by Gasteiger charge is 2.29. The Bertz CT molecular complexity index is 751. The lowest BCUT2D eigenvalue weighted by Crippen LogP contribution is -2.39. The molecule has 0 spiro atoms. The van der Waals surface area contributed by atoms with E-state index in [1.54, 1.807) is 23.2 Å². The van der Waals surface area contributed by atoms with Gasteiger partial charge in [0.2, 0.25) is 0 Å². The number of furan rings is 1. The summed E-state index contributed by atoms with van der Waals surface area (Å²) in [5.74, 6) is -0.476. The number of amides is 1. The van der Waals surface area contributed by atoms with E-state index in [0.29, 0.717) is 25.6 Å². The average molecular weight is 347 g/mol. The number of ether oxygens (including phenoxy) is 1. The molecule has 0 saturated carbocycles. The van der Waals surface area contributed by atoms with Crippen molar-refractivity contribution in [3.05, 3.63) is 35.9 Å². The molecule has 0 radical (unpaired) electrons. The number of carbonyl (C=O) groups is 2. The van der Waals surface area contributed by atoms with Crippen molar-refractivity contribution in [1.82, 2.24) is 14.7 Å². The summed E-state index contributed by atoms with van der Waals surface area (Å²) in [6.07, 6.45) is 3.32. The van der Waals surface area contributed by atoms with Crippen LogP contribution in [0, 0.1) is 0 Å². The van der Waals surface area contributed by atoms with Crippen molar-refractivity contribution >= 4 is 11.9 Å². The van der Waals surface area contributed by atoms with Crippen LogP contribution < -0.4 is 4.74 Å². The highest BCUT2D eigenvalue weighted by molar-refractivity contribution is 5.91. The summed E-state index contributed by atoms with van der Waals surface area (Å²) in [5.41, 5.74) is 0.842. The van der Waals surface area contributed by atoms with Crippen LogP contribution in [0.1, 0.15) is 41.9 Å². The number of likely N-dealkylation sites (tertiary alicyclic amines) is 1. The molecule has 1 saturated heterocycles. The number of nitrogens with zero attached hydrogens (tertiary/aromatic N) is 3. The molecule has 0 aromatic carbocycles. The van der Waals surface area contributed by atoms with Crippen molar-refractivity contribution in [1.29, 1.82) is 0 Å². The summed E-state index contributed by atoms with van der Waals surface area (Å²) in [7, 11) is 0. The fourth-order valence-corrected chi connectivity index (χ4v) is 3.16. The second-order valence-corrected chi connectivity index (χ2v) is 5.95. The molecule has 1 N–H and O–H groups in total. The molecule has 1 aliphatic heterocycles. The third-order valence-corrected chi connectivity index (χ3v) is 4.24. The van der Waals surface area contributed by atoms with Gasteiger partial charge in [0.1, 0.15) is 6.54 Å². The van der Waals surface area contributed by atoms with Gasteiger partial charge in [0.25, 0.3) is 11.9 Å². The molecule has 0 aliphatic carbocycles. The van der Waals surface area contributed by atoms with E-state index in [1.165, 1.54) is 4.68 Å². The van der Waals surface area contributed by atoms with Crippen LogP contribution in [0.25, 0.3) is 0 Å². The Kier molecular flexibility index (Phi) is 5.06. The minimum absolute atomic E-state index is 0.0564. The highest BCUT2D eigenvalue weighted by Crippen LogP contribution is 2.28. The molecule has 1 fully saturated rings. The molecule has 1 atom stereocenters. The van der Waals surface area contributed by atoms with Crippen molar-refractivity contribution in [3.8, 4) is 5.95 Å². The quantitative estimate of drug-likeness (QED) is 0.858. The van der Waals surface area contributed by atoms with Crippen LogP contribution in [-0.2, 0) is 11.3 Å². The third-order valence-electron chi connectivity index (χ3n) is 4.24. The molecule has 0 bridgehead atoms. The van der Waals surface area contributed by atoms with E-state index >= 15 is 0 Å². The number of aromatic nitrogens is 2. The van der Waals surface area contributed by atoms with Crippen molar-refractivity contribution in [2.24, 2.45) is 0 Å². The molecule has 3 rings (SSSR count). The average Bonchev–Trinajstić information content (AvgIpc) is 3.24. The molecule has 25 heavy (non-hydrogen) atoms. The van der Waals surface area contributed by atoms with Gasteiger partial charge in [0.05, 0.1) is 6.61 Å². The molecule has 1 aliphatic rings. The number of hydrogen-bond acceptors (Lipinski definition) is 5. The van der Waals surface area contributed by atoms with Gasteiger partial charge in [-0.3, -0.25) is 14.3 Å². The maximum absolute atomic E-state index is 12.7. The Hall–Kier alpha value is -2.77. The maximum Gasteiger partial charge on any atom is 0.325 e. The second-order valence-electron chi connectivity index (χ2n) is 5.95. The lowest BCUT2D eigenvalue weighted by Gasteiger charge is -2.32. The van der Waals surface area contributed by atoms with Crippen LogP contribution in [0.3, 0.4) is 0 Å². The summed E-state index contributed by atoms with van der Waals surface area (Å²) in [6, 6.07) is 5.08. The van der Waals surface area contributed by atoms with Gasteiger partial charge in [-0.25, -0.2) is 0 Å². The summed E-state index contributed by atoms with van der Waals surface area (Å²) in [5, 5.41) is 13.1. The van der Waals surface area contributed by atoms with Gasteiger partial charge in [-0.05, 0) is 31.9 Å². The minimum Gasteiger partial charge on any atom is -0.480 e. The zero-order chi connectivity index (χ0) is 17.8. The highest BCUT2D eigenvalue weighted by atomic mass is 16.6.